The lowest BCUT2D eigenvalue weighted by Crippen LogP contribution is -2.30. The molecule has 2 atom stereocenters. The van der Waals surface area contributed by atoms with E-state index < -0.39 is 10.8 Å². The molecule has 5 nitrogen and oxygen atoms in total. The number of hydrogen-bond donors (Lipinski definition) is 1. The van der Waals surface area contributed by atoms with Crippen molar-refractivity contribution in [3.8, 4) is 5.75 Å². The predicted molar refractivity (Wildman–Crippen MR) is 85.2 cm³/mol. The fourth-order valence-electron chi connectivity index (χ4n) is 2.07. The number of benzene rings is 1. The molecule has 0 aliphatic heterocycles. The first-order valence-corrected chi connectivity index (χ1v) is 8.32. The third kappa shape index (κ3) is 3.33. The van der Waals surface area contributed by atoms with E-state index in [-0.39, 0.29) is 23.4 Å². The van der Waals surface area contributed by atoms with Crippen molar-refractivity contribution in [3.63, 3.8) is 0 Å². The summed E-state index contributed by atoms with van der Waals surface area (Å²) in [5, 5.41) is 9.74. The molecule has 0 saturated carbocycles. The van der Waals surface area contributed by atoms with Crippen molar-refractivity contribution in [2.24, 2.45) is 0 Å². The van der Waals surface area contributed by atoms with Gasteiger partial charge in [-0.2, -0.15) is 0 Å². The van der Waals surface area contributed by atoms with E-state index >= 15 is 0 Å². The van der Waals surface area contributed by atoms with Crippen molar-refractivity contribution in [1.29, 1.82) is 0 Å². The van der Waals surface area contributed by atoms with Gasteiger partial charge in [-0.05, 0) is 36.8 Å². The minimum Gasteiger partial charge on any atom is -0.505 e. The summed E-state index contributed by atoms with van der Waals surface area (Å²) in [5.74, 6) is -0.489. The Hall–Kier alpha value is -2.21. The minimum atomic E-state index is -1.03. The second-order valence-electron chi connectivity index (χ2n) is 4.99. The zero-order valence-electron chi connectivity index (χ0n) is 12.7. The van der Waals surface area contributed by atoms with Crippen LogP contribution in [0.4, 0.5) is 0 Å². The number of nitrogens with zero attached hydrogens (tertiary/aromatic N) is 2. The average Bonchev–Trinajstić information content (AvgIpc) is 2.53. The van der Waals surface area contributed by atoms with Crippen LogP contribution >= 0.6 is 0 Å². The van der Waals surface area contributed by atoms with Crippen LogP contribution in [-0.4, -0.2) is 38.4 Å². The second kappa shape index (κ2) is 6.70. The van der Waals surface area contributed by atoms with Gasteiger partial charge in [-0.15, -0.1) is 0 Å². The third-order valence-corrected chi connectivity index (χ3v) is 4.52. The van der Waals surface area contributed by atoms with Crippen LogP contribution in [0.2, 0.25) is 0 Å². The van der Waals surface area contributed by atoms with Crippen molar-refractivity contribution < 1.29 is 14.1 Å². The highest BCUT2D eigenvalue weighted by Crippen LogP contribution is 2.23. The maximum Gasteiger partial charge on any atom is 0.276 e. The molecule has 2 rings (SSSR count). The largest absolute Gasteiger partial charge is 0.505 e. The number of amides is 1. The van der Waals surface area contributed by atoms with Crippen LogP contribution < -0.4 is 0 Å². The van der Waals surface area contributed by atoms with Gasteiger partial charge in [0.25, 0.3) is 5.91 Å². The predicted octanol–water partition coefficient (Wildman–Crippen LogP) is 2.36. The van der Waals surface area contributed by atoms with Crippen LogP contribution in [0.5, 0.6) is 5.75 Å². The van der Waals surface area contributed by atoms with E-state index in [0.717, 1.165) is 10.5 Å². The van der Waals surface area contributed by atoms with Crippen LogP contribution in [0.3, 0.4) is 0 Å². The molecule has 0 unspecified atom stereocenters. The van der Waals surface area contributed by atoms with Crippen LogP contribution in [0.25, 0.3) is 0 Å². The minimum absolute atomic E-state index is 0.0307. The first-order valence-electron chi connectivity index (χ1n) is 6.76. The number of carbonyl (C=O) groups excluding carboxylic acids is 1. The van der Waals surface area contributed by atoms with Crippen LogP contribution in [0.15, 0.2) is 47.5 Å². The molecule has 1 N–H and O–H groups in total. The summed E-state index contributed by atoms with van der Waals surface area (Å²) in [7, 11) is 0.633. The Bertz CT molecular complexity index is 701. The summed E-state index contributed by atoms with van der Waals surface area (Å²) >= 11 is 0. The fourth-order valence-corrected chi connectivity index (χ4v) is 2.59. The van der Waals surface area contributed by atoms with E-state index in [9.17, 15) is 14.1 Å². The SMILES string of the molecule is C[C@@H](c1ccc([S@](C)=O)cc1)N(C)C(=O)c1ncccc1O. The van der Waals surface area contributed by atoms with E-state index in [1.807, 2.05) is 19.1 Å². The molecule has 6 heteroatoms. The Morgan fingerprint density at radius 3 is 2.45 bits per heavy atom. The Morgan fingerprint density at radius 1 is 1.27 bits per heavy atom. The third-order valence-electron chi connectivity index (χ3n) is 3.58. The number of pyridine rings is 1. The first kappa shape index (κ1) is 16.2. The summed E-state index contributed by atoms with van der Waals surface area (Å²) in [6, 6.07) is 10.1. The summed E-state index contributed by atoms with van der Waals surface area (Å²) < 4.78 is 11.4. The molecule has 0 aliphatic rings. The molecule has 0 saturated heterocycles. The van der Waals surface area contributed by atoms with Gasteiger partial charge in [-0.1, -0.05) is 12.1 Å². The summed E-state index contributed by atoms with van der Waals surface area (Å²) in [5.41, 5.74) is 0.948. The zero-order chi connectivity index (χ0) is 16.3. The van der Waals surface area contributed by atoms with Crippen molar-refractivity contribution in [2.45, 2.75) is 17.9 Å². The standard InChI is InChI=1S/C16H18N2O3S/c1-11(12-6-8-13(9-7-12)22(3)21)18(2)16(20)15-14(19)5-4-10-17-15/h4-11,19H,1-3H3/t11-,22-/m0/s1. The van der Waals surface area contributed by atoms with Gasteiger partial charge in [0.05, 0.1) is 6.04 Å². The fraction of sp³-hybridized carbons (Fsp3) is 0.250. The Morgan fingerprint density at radius 2 is 1.91 bits per heavy atom. The molecule has 0 spiro atoms. The molecular formula is C16H18N2O3S. The smallest absolute Gasteiger partial charge is 0.276 e. The van der Waals surface area contributed by atoms with Crippen LogP contribution in [0, 0.1) is 0 Å². The monoisotopic (exact) mass is 318 g/mol. The van der Waals surface area contributed by atoms with Crippen molar-refractivity contribution in [2.75, 3.05) is 13.3 Å². The summed E-state index contributed by atoms with van der Waals surface area (Å²) in [6.07, 6.45) is 3.09. The quantitative estimate of drug-likeness (QED) is 0.939. The molecule has 1 amide bonds. The summed E-state index contributed by atoms with van der Waals surface area (Å²) in [6.45, 7) is 1.88. The molecule has 1 heterocycles. The van der Waals surface area contributed by atoms with Crippen LogP contribution in [-0.2, 0) is 10.8 Å². The lowest BCUT2D eigenvalue weighted by molar-refractivity contribution is 0.0733. The molecular weight excluding hydrogens is 300 g/mol. The number of aromatic hydroxyl groups is 1. The molecule has 1 aromatic carbocycles. The van der Waals surface area contributed by atoms with Gasteiger partial charge >= 0.3 is 0 Å². The zero-order valence-corrected chi connectivity index (χ0v) is 13.5. The molecule has 22 heavy (non-hydrogen) atoms. The lowest BCUT2D eigenvalue weighted by Gasteiger charge is -2.25. The van der Waals surface area contributed by atoms with E-state index in [1.165, 1.54) is 17.2 Å². The first-order chi connectivity index (χ1) is 10.4. The van der Waals surface area contributed by atoms with E-state index in [1.54, 1.807) is 31.5 Å². The van der Waals surface area contributed by atoms with Crippen molar-refractivity contribution in [1.82, 2.24) is 9.88 Å². The highest BCUT2D eigenvalue weighted by molar-refractivity contribution is 7.84. The van der Waals surface area contributed by atoms with Gasteiger partial charge in [0.2, 0.25) is 0 Å². The van der Waals surface area contributed by atoms with Crippen molar-refractivity contribution in [3.05, 3.63) is 53.9 Å². The van der Waals surface area contributed by atoms with Crippen LogP contribution in [0.1, 0.15) is 29.0 Å². The topological polar surface area (TPSA) is 70.5 Å². The van der Waals surface area contributed by atoms with Gasteiger partial charge in [0.15, 0.2) is 5.69 Å². The Labute approximate surface area is 132 Å². The van der Waals surface area contributed by atoms with Gasteiger partial charge in [-0.25, -0.2) is 4.98 Å². The van der Waals surface area contributed by atoms with Crippen molar-refractivity contribution >= 4 is 16.7 Å². The second-order valence-corrected chi connectivity index (χ2v) is 6.37. The average molecular weight is 318 g/mol. The number of carbonyl (C=O) groups is 1. The van der Waals surface area contributed by atoms with Gasteiger partial charge in [-0.3, -0.25) is 9.00 Å². The highest BCUT2D eigenvalue weighted by Gasteiger charge is 2.22. The van der Waals surface area contributed by atoms with E-state index in [0.29, 0.717) is 0 Å². The summed E-state index contributed by atoms with van der Waals surface area (Å²) in [4.78, 5) is 18.6. The molecule has 2 aromatic rings. The number of rotatable bonds is 4. The Balaban J connectivity index is 2.21. The van der Waals surface area contributed by atoms with Gasteiger partial charge in [0.1, 0.15) is 5.75 Å². The Kier molecular flexibility index (Phi) is 4.92. The molecule has 0 bridgehead atoms. The number of hydrogen-bond acceptors (Lipinski definition) is 4. The van der Waals surface area contributed by atoms with E-state index in [4.69, 9.17) is 0 Å². The van der Waals surface area contributed by atoms with E-state index in [2.05, 4.69) is 4.98 Å². The van der Waals surface area contributed by atoms with Gasteiger partial charge < -0.3 is 10.0 Å². The highest BCUT2D eigenvalue weighted by atomic mass is 32.2. The molecule has 0 fully saturated rings. The molecule has 1 aromatic heterocycles. The molecule has 0 radical (unpaired) electrons. The normalized spacial score (nSPS) is 13.4. The molecule has 116 valence electrons. The number of aromatic nitrogens is 1. The molecule has 0 aliphatic carbocycles. The maximum atomic E-state index is 12.4. The maximum absolute atomic E-state index is 12.4. The van der Waals surface area contributed by atoms with Gasteiger partial charge in [0, 0.05) is 35.2 Å². The lowest BCUT2D eigenvalue weighted by atomic mass is 10.1.